The molecule has 8 heteroatoms. The molecule has 0 fully saturated rings. The molecule has 0 aliphatic rings. The molecule has 3 rings (SSSR count). The minimum absolute atomic E-state index is 0.103. The minimum Gasteiger partial charge on any atom is -0.351 e. The van der Waals surface area contributed by atoms with Gasteiger partial charge >= 0.3 is 0 Å². The maximum absolute atomic E-state index is 12.0. The molecule has 0 aliphatic carbocycles. The minimum atomic E-state index is -0.120. The molecular formula is C20H21N5O2S. The smallest absolute Gasteiger partial charge is 0.234 e. The number of nitrogens with one attached hydrogen (secondary N) is 2. The molecule has 2 aromatic carbocycles. The summed E-state index contributed by atoms with van der Waals surface area (Å²) in [6.07, 6.45) is 3.11. The van der Waals surface area contributed by atoms with Gasteiger partial charge in [0.15, 0.2) is 0 Å². The van der Waals surface area contributed by atoms with Crippen LogP contribution in [0.5, 0.6) is 0 Å². The van der Waals surface area contributed by atoms with Crippen molar-refractivity contribution in [2.45, 2.75) is 13.5 Å². The normalized spacial score (nSPS) is 10.5. The Labute approximate surface area is 167 Å². The molecule has 3 aromatic rings. The van der Waals surface area contributed by atoms with Gasteiger partial charge in [-0.2, -0.15) is 5.10 Å². The third kappa shape index (κ3) is 5.95. The van der Waals surface area contributed by atoms with Crippen molar-refractivity contribution in [1.29, 1.82) is 0 Å². The van der Waals surface area contributed by atoms with Crippen LogP contribution in [-0.4, -0.2) is 38.1 Å². The van der Waals surface area contributed by atoms with E-state index in [0.717, 1.165) is 22.5 Å². The van der Waals surface area contributed by atoms with E-state index < -0.39 is 0 Å². The number of amides is 2. The van der Waals surface area contributed by atoms with Crippen LogP contribution < -0.4 is 10.6 Å². The van der Waals surface area contributed by atoms with E-state index in [9.17, 15) is 9.59 Å². The monoisotopic (exact) mass is 395 g/mol. The van der Waals surface area contributed by atoms with Gasteiger partial charge in [0.1, 0.15) is 12.7 Å². The molecule has 0 saturated carbocycles. The zero-order chi connectivity index (χ0) is 19.8. The van der Waals surface area contributed by atoms with E-state index in [1.807, 2.05) is 55.5 Å². The third-order valence-electron chi connectivity index (χ3n) is 3.91. The Morgan fingerprint density at radius 3 is 2.39 bits per heavy atom. The van der Waals surface area contributed by atoms with Crippen LogP contribution in [0.2, 0.25) is 0 Å². The first-order chi connectivity index (χ1) is 13.6. The summed E-state index contributed by atoms with van der Waals surface area (Å²) < 4.78 is 1.67. The number of benzene rings is 2. The predicted octanol–water partition coefficient (Wildman–Crippen LogP) is 2.56. The molecule has 2 N–H and O–H groups in total. The Balaban J connectivity index is 1.35. The van der Waals surface area contributed by atoms with Crippen LogP contribution in [0.3, 0.4) is 0 Å². The standard InChI is InChI=1S/C20H21N5O2S/c1-15-2-6-17(7-3-15)24-20(27)12-28-11-19(26)22-10-16-4-8-18(9-5-16)25-14-21-13-23-25/h2-9,13-14H,10-12H2,1H3,(H,22,26)(H,24,27). The Kier molecular flexibility index (Phi) is 6.80. The van der Waals surface area contributed by atoms with Crippen molar-refractivity contribution in [3.63, 3.8) is 0 Å². The summed E-state index contributed by atoms with van der Waals surface area (Å²) in [4.78, 5) is 27.8. The molecule has 1 aromatic heterocycles. The number of carbonyl (C=O) groups is 2. The number of nitrogens with zero attached hydrogens (tertiary/aromatic N) is 3. The van der Waals surface area contributed by atoms with Crippen molar-refractivity contribution in [1.82, 2.24) is 20.1 Å². The summed E-state index contributed by atoms with van der Waals surface area (Å²) in [7, 11) is 0. The molecule has 2 amide bonds. The van der Waals surface area contributed by atoms with E-state index in [-0.39, 0.29) is 23.3 Å². The summed E-state index contributed by atoms with van der Waals surface area (Å²) >= 11 is 1.29. The summed E-state index contributed by atoms with van der Waals surface area (Å²) in [6, 6.07) is 15.3. The van der Waals surface area contributed by atoms with Crippen LogP contribution in [-0.2, 0) is 16.1 Å². The largest absolute Gasteiger partial charge is 0.351 e. The van der Waals surface area contributed by atoms with Crippen LogP contribution in [0.15, 0.2) is 61.2 Å². The first-order valence-corrected chi connectivity index (χ1v) is 9.90. The number of rotatable bonds is 8. The average molecular weight is 395 g/mol. The highest BCUT2D eigenvalue weighted by atomic mass is 32.2. The zero-order valence-electron chi connectivity index (χ0n) is 15.5. The van der Waals surface area contributed by atoms with Crippen molar-refractivity contribution in [2.24, 2.45) is 0 Å². The van der Waals surface area contributed by atoms with Gasteiger partial charge in [0.05, 0.1) is 17.2 Å². The first-order valence-electron chi connectivity index (χ1n) is 8.75. The Hall–Kier alpha value is -3.13. The number of hydrogen-bond donors (Lipinski definition) is 2. The number of aryl methyl sites for hydroxylation is 1. The highest BCUT2D eigenvalue weighted by Crippen LogP contribution is 2.10. The summed E-state index contributed by atoms with van der Waals surface area (Å²) in [5, 5.41) is 9.74. The van der Waals surface area contributed by atoms with Gasteiger partial charge in [0.25, 0.3) is 0 Å². The fourth-order valence-electron chi connectivity index (χ4n) is 2.43. The number of aromatic nitrogens is 3. The maximum atomic E-state index is 12.0. The van der Waals surface area contributed by atoms with Gasteiger partial charge in [-0.05, 0) is 36.8 Å². The van der Waals surface area contributed by atoms with E-state index in [2.05, 4.69) is 20.7 Å². The number of hydrogen-bond acceptors (Lipinski definition) is 5. The summed E-state index contributed by atoms with van der Waals surface area (Å²) in [5.41, 5.74) is 3.79. The fourth-order valence-corrected chi connectivity index (χ4v) is 3.08. The highest BCUT2D eigenvalue weighted by Gasteiger charge is 2.06. The van der Waals surface area contributed by atoms with Crippen LogP contribution in [0.1, 0.15) is 11.1 Å². The van der Waals surface area contributed by atoms with Gasteiger partial charge < -0.3 is 10.6 Å². The number of thioether (sulfide) groups is 1. The molecule has 0 atom stereocenters. The second-order valence-corrected chi connectivity index (χ2v) is 7.18. The number of carbonyl (C=O) groups excluding carboxylic acids is 2. The number of anilines is 1. The SMILES string of the molecule is Cc1ccc(NC(=O)CSCC(=O)NCc2ccc(-n3cncn3)cc2)cc1. The first kappa shape index (κ1) is 19.6. The van der Waals surface area contributed by atoms with Crippen molar-refractivity contribution < 1.29 is 9.59 Å². The molecule has 0 spiro atoms. The van der Waals surface area contributed by atoms with Crippen molar-refractivity contribution in [3.05, 3.63) is 72.3 Å². The van der Waals surface area contributed by atoms with Gasteiger partial charge in [0, 0.05) is 12.2 Å². The van der Waals surface area contributed by atoms with Crippen LogP contribution in [0.4, 0.5) is 5.69 Å². The Morgan fingerprint density at radius 2 is 1.71 bits per heavy atom. The Morgan fingerprint density at radius 1 is 1.00 bits per heavy atom. The lowest BCUT2D eigenvalue weighted by Crippen LogP contribution is -2.25. The molecule has 7 nitrogen and oxygen atoms in total. The van der Waals surface area contributed by atoms with Gasteiger partial charge in [-0.1, -0.05) is 29.8 Å². The molecule has 1 heterocycles. The van der Waals surface area contributed by atoms with Gasteiger partial charge in [0.2, 0.25) is 11.8 Å². The molecule has 0 unspecified atom stereocenters. The zero-order valence-corrected chi connectivity index (χ0v) is 16.3. The molecule has 0 saturated heterocycles. The van der Waals surface area contributed by atoms with Crippen molar-refractivity contribution in [3.8, 4) is 5.69 Å². The Bertz CT molecular complexity index is 909. The lowest BCUT2D eigenvalue weighted by atomic mass is 10.2. The molecular weight excluding hydrogens is 374 g/mol. The molecule has 0 bridgehead atoms. The second-order valence-electron chi connectivity index (χ2n) is 6.19. The maximum Gasteiger partial charge on any atom is 0.234 e. The molecule has 0 radical (unpaired) electrons. The third-order valence-corrected chi connectivity index (χ3v) is 4.84. The van der Waals surface area contributed by atoms with E-state index >= 15 is 0 Å². The fraction of sp³-hybridized carbons (Fsp3) is 0.200. The summed E-state index contributed by atoms with van der Waals surface area (Å²) in [5.74, 6) is 0.241. The van der Waals surface area contributed by atoms with Crippen LogP contribution in [0, 0.1) is 6.92 Å². The van der Waals surface area contributed by atoms with Gasteiger partial charge in [-0.3, -0.25) is 9.59 Å². The average Bonchev–Trinajstić information content (AvgIpc) is 3.23. The molecule has 28 heavy (non-hydrogen) atoms. The predicted molar refractivity (Wildman–Crippen MR) is 110 cm³/mol. The van der Waals surface area contributed by atoms with Crippen molar-refractivity contribution in [2.75, 3.05) is 16.8 Å². The van der Waals surface area contributed by atoms with Crippen LogP contribution in [0.25, 0.3) is 5.69 Å². The van der Waals surface area contributed by atoms with Gasteiger partial charge in [-0.25, -0.2) is 9.67 Å². The van der Waals surface area contributed by atoms with Crippen LogP contribution >= 0.6 is 11.8 Å². The van der Waals surface area contributed by atoms with Crippen molar-refractivity contribution >= 4 is 29.3 Å². The highest BCUT2D eigenvalue weighted by molar-refractivity contribution is 8.00. The quantitative estimate of drug-likeness (QED) is 0.612. The molecule has 0 aliphatic heterocycles. The van der Waals surface area contributed by atoms with E-state index in [1.54, 1.807) is 11.0 Å². The van der Waals surface area contributed by atoms with E-state index in [0.29, 0.717) is 6.54 Å². The van der Waals surface area contributed by atoms with Gasteiger partial charge in [-0.15, -0.1) is 11.8 Å². The van der Waals surface area contributed by atoms with E-state index in [4.69, 9.17) is 0 Å². The lowest BCUT2D eigenvalue weighted by Gasteiger charge is -2.07. The molecule has 144 valence electrons. The lowest BCUT2D eigenvalue weighted by molar-refractivity contribution is -0.118. The second kappa shape index (κ2) is 9.70. The summed E-state index contributed by atoms with van der Waals surface area (Å²) in [6.45, 7) is 2.43. The van der Waals surface area contributed by atoms with E-state index in [1.165, 1.54) is 18.1 Å². The topological polar surface area (TPSA) is 88.9 Å².